The van der Waals surface area contributed by atoms with Crippen molar-refractivity contribution in [1.82, 2.24) is 25.2 Å². The zero-order valence-electron chi connectivity index (χ0n) is 16.3. The quantitative estimate of drug-likeness (QED) is 0.355. The standard InChI is InChI=1S/C20H28N6S/c1-4-21-20(23-12-10-17-14-27-16(3)25-17)22-11-7-13-26-15(2)24-18-8-5-6-9-19(18)26/h5-6,8-9,14H,4,7,10-13H2,1-3H3,(H2,21,22,23). The van der Waals surface area contributed by atoms with Crippen molar-refractivity contribution in [1.29, 1.82) is 0 Å². The van der Waals surface area contributed by atoms with Gasteiger partial charge in [0.1, 0.15) is 5.82 Å². The molecule has 2 heterocycles. The Kier molecular flexibility index (Phi) is 6.81. The van der Waals surface area contributed by atoms with Gasteiger partial charge in [0, 0.05) is 38.0 Å². The molecule has 2 aromatic heterocycles. The predicted octanol–water partition coefficient (Wildman–Crippen LogP) is 3.30. The molecule has 3 aromatic rings. The molecule has 1 aromatic carbocycles. The summed E-state index contributed by atoms with van der Waals surface area (Å²) in [5.74, 6) is 1.93. The lowest BCUT2D eigenvalue weighted by molar-refractivity contribution is 0.645. The number of hydrogen-bond acceptors (Lipinski definition) is 4. The maximum Gasteiger partial charge on any atom is 0.191 e. The molecule has 144 valence electrons. The van der Waals surface area contributed by atoms with E-state index in [2.05, 4.69) is 62.6 Å². The SMILES string of the molecule is CCNC(=NCCCn1c(C)nc2ccccc21)NCCc1csc(C)n1. The molecule has 0 amide bonds. The molecule has 0 spiro atoms. The Morgan fingerprint density at radius 2 is 2.04 bits per heavy atom. The lowest BCUT2D eigenvalue weighted by Crippen LogP contribution is -2.38. The monoisotopic (exact) mass is 384 g/mol. The van der Waals surface area contributed by atoms with Crippen LogP contribution >= 0.6 is 11.3 Å². The summed E-state index contributed by atoms with van der Waals surface area (Å²) in [4.78, 5) is 13.8. The van der Waals surface area contributed by atoms with E-state index in [1.165, 1.54) is 5.52 Å². The van der Waals surface area contributed by atoms with E-state index in [9.17, 15) is 0 Å². The lowest BCUT2D eigenvalue weighted by atomic mass is 10.3. The van der Waals surface area contributed by atoms with E-state index in [1.54, 1.807) is 11.3 Å². The molecule has 0 radical (unpaired) electrons. The molecule has 0 bridgehead atoms. The Morgan fingerprint density at radius 3 is 2.81 bits per heavy atom. The first-order valence-electron chi connectivity index (χ1n) is 9.52. The second kappa shape index (κ2) is 9.50. The van der Waals surface area contributed by atoms with Crippen LogP contribution in [-0.2, 0) is 13.0 Å². The van der Waals surface area contributed by atoms with Gasteiger partial charge >= 0.3 is 0 Å². The average Bonchev–Trinajstić information content (AvgIpc) is 3.21. The van der Waals surface area contributed by atoms with E-state index in [-0.39, 0.29) is 0 Å². The zero-order chi connectivity index (χ0) is 19.1. The maximum absolute atomic E-state index is 4.70. The van der Waals surface area contributed by atoms with E-state index < -0.39 is 0 Å². The zero-order valence-corrected chi connectivity index (χ0v) is 17.1. The van der Waals surface area contributed by atoms with Gasteiger partial charge < -0.3 is 15.2 Å². The fraction of sp³-hybridized carbons (Fsp3) is 0.450. The van der Waals surface area contributed by atoms with Crippen LogP contribution < -0.4 is 10.6 Å². The molecule has 6 nitrogen and oxygen atoms in total. The Labute approximate surface area is 164 Å². The number of para-hydroxylation sites is 2. The van der Waals surface area contributed by atoms with Crippen LogP contribution in [-0.4, -0.2) is 40.1 Å². The topological polar surface area (TPSA) is 67.1 Å². The number of aryl methyl sites for hydroxylation is 3. The highest BCUT2D eigenvalue weighted by molar-refractivity contribution is 7.09. The molecular weight excluding hydrogens is 356 g/mol. The van der Waals surface area contributed by atoms with Crippen molar-refractivity contribution in [2.45, 2.75) is 40.2 Å². The molecular formula is C20H28N6S. The van der Waals surface area contributed by atoms with E-state index in [1.807, 2.05) is 13.0 Å². The second-order valence-corrected chi connectivity index (χ2v) is 7.51. The van der Waals surface area contributed by atoms with Crippen molar-refractivity contribution in [3.8, 4) is 0 Å². The number of fused-ring (bicyclic) bond motifs is 1. The summed E-state index contributed by atoms with van der Waals surface area (Å²) in [6, 6.07) is 8.29. The number of benzene rings is 1. The summed E-state index contributed by atoms with van der Waals surface area (Å²) < 4.78 is 2.27. The van der Waals surface area contributed by atoms with Crippen molar-refractivity contribution in [3.63, 3.8) is 0 Å². The molecule has 0 unspecified atom stereocenters. The van der Waals surface area contributed by atoms with Crippen molar-refractivity contribution >= 4 is 28.3 Å². The van der Waals surface area contributed by atoms with Gasteiger partial charge in [0.2, 0.25) is 0 Å². The molecule has 0 saturated carbocycles. The normalized spacial score (nSPS) is 11.9. The number of imidazole rings is 1. The molecule has 27 heavy (non-hydrogen) atoms. The van der Waals surface area contributed by atoms with E-state index in [0.29, 0.717) is 0 Å². The second-order valence-electron chi connectivity index (χ2n) is 6.45. The molecule has 3 rings (SSSR count). The number of thiazole rings is 1. The summed E-state index contributed by atoms with van der Waals surface area (Å²) in [6.45, 7) is 9.58. The van der Waals surface area contributed by atoms with Crippen LogP contribution in [0.25, 0.3) is 11.0 Å². The van der Waals surface area contributed by atoms with Gasteiger partial charge in [0.05, 0.1) is 21.7 Å². The maximum atomic E-state index is 4.70. The third-order valence-electron chi connectivity index (χ3n) is 4.34. The molecule has 0 aliphatic carbocycles. The van der Waals surface area contributed by atoms with Crippen molar-refractivity contribution in [2.75, 3.05) is 19.6 Å². The highest BCUT2D eigenvalue weighted by Crippen LogP contribution is 2.15. The van der Waals surface area contributed by atoms with Crippen LogP contribution in [0.15, 0.2) is 34.6 Å². The van der Waals surface area contributed by atoms with Crippen LogP contribution in [0.4, 0.5) is 0 Å². The highest BCUT2D eigenvalue weighted by Gasteiger charge is 2.06. The van der Waals surface area contributed by atoms with Gasteiger partial charge in [-0.05, 0) is 39.3 Å². The van der Waals surface area contributed by atoms with Crippen LogP contribution in [0.1, 0.15) is 29.9 Å². The van der Waals surface area contributed by atoms with Gasteiger partial charge in [-0.1, -0.05) is 12.1 Å². The number of nitrogens with zero attached hydrogens (tertiary/aromatic N) is 4. The Bertz CT molecular complexity index is 895. The van der Waals surface area contributed by atoms with Gasteiger partial charge in [0.25, 0.3) is 0 Å². The minimum absolute atomic E-state index is 0.775. The first-order valence-corrected chi connectivity index (χ1v) is 10.4. The molecule has 0 atom stereocenters. The fourth-order valence-corrected chi connectivity index (χ4v) is 3.72. The summed E-state index contributed by atoms with van der Waals surface area (Å²) in [5.41, 5.74) is 3.40. The van der Waals surface area contributed by atoms with E-state index >= 15 is 0 Å². The van der Waals surface area contributed by atoms with Crippen LogP contribution in [0.2, 0.25) is 0 Å². The number of guanidine groups is 1. The van der Waals surface area contributed by atoms with E-state index in [0.717, 1.165) is 67.0 Å². The minimum atomic E-state index is 0.775. The smallest absolute Gasteiger partial charge is 0.191 e. The predicted molar refractivity (Wildman–Crippen MR) is 114 cm³/mol. The summed E-state index contributed by atoms with van der Waals surface area (Å²) in [7, 11) is 0. The third kappa shape index (κ3) is 5.29. The Hall–Kier alpha value is -2.41. The number of rotatable bonds is 8. The first-order chi connectivity index (χ1) is 13.2. The number of aromatic nitrogens is 3. The number of aliphatic imine (C=N–C) groups is 1. The molecule has 0 aliphatic rings. The number of hydrogen-bond donors (Lipinski definition) is 2. The van der Waals surface area contributed by atoms with Crippen LogP contribution in [0.3, 0.4) is 0 Å². The minimum Gasteiger partial charge on any atom is -0.357 e. The molecule has 0 saturated heterocycles. The van der Waals surface area contributed by atoms with Crippen molar-refractivity contribution in [3.05, 3.63) is 46.2 Å². The van der Waals surface area contributed by atoms with Gasteiger partial charge in [-0.3, -0.25) is 4.99 Å². The summed E-state index contributed by atoms with van der Waals surface area (Å²) >= 11 is 1.70. The largest absolute Gasteiger partial charge is 0.357 e. The third-order valence-corrected chi connectivity index (χ3v) is 5.16. The van der Waals surface area contributed by atoms with Crippen molar-refractivity contribution < 1.29 is 0 Å². The van der Waals surface area contributed by atoms with Crippen LogP contribution in [0.5, 0.6) is 0 Å². The van der Waals surface area contributed by atoms with E-state index in [4.69, 9.17) is 4.99 Å². The Balaban J connectivity index is 1.50. The lowest BCUT2D eigenvalue weighted by Gasteiger charge is -2.11. The molecule has 0 fully saturated rings. The number of nitrogens with one attached hydrogen (secondary N) is 2. The van der Waals surface area contributed by atoms with Crippen molar-refractivity contribution in [2.24, 2.45) is 4.99 Å². The Morgan fingerprint density at radius 1 is 1.19 bits per heavy atom. The highest BCUT2D eigenvalue weighted by atomic mass is 32.1. The molecule has 0 aliphatic heterocycles. The summed E-state index contributed by atoms with van der Waals surface area (Å²) in [5, 5.41) is 9.95. The van der Waals surface area contributed by atoms with Gasteiger partial charge in [-0.2, -0.15) is 0 Å². The van der Waals surface area contributed by atoms with Gasteiger partial charge in [0.15, 0.2) is 5.96 Å². The van der Waals surface area contributed by atoms with Gasteiger partial charge in [-0.15, -0.1) is 11.3 Å². The fourth-order valence-electron chi connectivity index (χ4n) is 3.07. The van der Waals surface area contributed by atoms with Gasteiger partial charge in [-0.25, -0.2) is 9.97 Å². The average molecular weight is 385 g/mol. The molecule has 7 heteroatoms. The van der Waals surface area contributed by atoms with Crippen LogP contribution in [0, 0.1) is 13.8 Å². The first kappa shape index (κ1) is 19.4. The molecule has 2 N–H and O–H groups in total. The summed E-state index contributed by atoms with van der Waals surface area (Å²) in [6.07, 6.45) is 1.89.